The van der Waals surface area contributed by atoms with E-state index in [0.29, 0.717) is 22.5 Å². The Morgan fingerprint density at radius 1 is 0.444 bits per heavy atom. The van der Waals surface area contributed by atoms with Crippen molar-refractivity contribution in [2.24, 2.45) is 0 Å². The van der Waals surface area contributed by atoms with Gasteiger partial charge in [0.05, 0.1) is 44.4 Å². The van der Waals surface area contributed by atoms with E-state index in [0.717, 1.165) is 82.6 Å². The van der Waals surface area contributed by atoms with Gasteiger partial charge in [-0.15, -0.1) is 0 Å². The van der Waals surface area contributed by atoms with E-state index in [1.54, 1.807) is 0 Å². The van der Waals surface area contributed by atoms with Gasteiger partial charge in [-0.3, -0.25) is 0 Å². The van der Waals surface area contributed by atoms with Gasteiger partial charge >= 0.3 is 0 Å². The lowest BCUT2D eigenvalue weighted by molar-refractivity contribution is 0.673. The molecule has 0 amide bonds. The first kappa shape index (κ1) is 37.2. The van der Waals surface area contributed by atoms with E-state index in [4.69, 9.17) is 4.42 Å². The van der Waals surface area contributed by atoms with Crippen molar-refractivity contribution in [3.05, 3.63) is 223 Å². The number of fused-ring (bicyclic) bond motifs is 10. The number of hydrogen-bond donors (Lipinski definition) is 0. The molecule has 6 heteroatoms. The fourth-order valence-electron chi connectivity index (χ4n) is 9.17. The number of nitrogens with zero attached hydrogens (tertiary/aromatic N) is 5. The van der Waals surface area contributed by atoms with Crippen LogP contribution in [0.5, 0.6) is 0 Å². The summed E-state index contributed by atoms with van der Waals surface area (Å²) in [5, 5.41) is 27.9. The van der Waals surface area contributed by atoms with Crippen LogP contribution in [0.15, 0.2) is 211 Å². The van der Waals surface area contributed by atoms with Crippen molar-refractivity contribution in [2.75, 3.05) is 4.90 Å². The van der Waals surface area contributed by atoms with Gasteiger partial charge in [0, 0.05) is 44.0 Å². The zero-order valence-corrected chi connectivity index (χ0v) is 34.3. The average molecular weight is 808 g/mol. The smallest absolute Gasteiger partial charge is 0.145 e. The summed E-state index contributed by atoms with van der Waals surface area (Å²) in [7, 11) is 0. The van der Waals surface area contributed by atoms with Crippen LogP contribution in [0.1, 0.15) is 16.7 Å². The maximum Gasteiger partial charge on any atom is 0.145 e. The number of furan rings is 1. The number of benzene rings is 9. The standard InChI is InChI=1S/C50H29N5O.C7H8/c51-30-32-23-26-45(41(31-52)49(32)55-42-20-10-7-17-36(42)37-18-8-11-21-43(37)55)54-44-27-24-35(53(33-13-3-1-4-14-33)34-15-5-2-6-16-34)29-40(44)48-46(54)28-25-39-38-19-9-12-22-47(38)56-50(39)48;1-7-5-3-2-4-6-7/h1-29H;2-6H,1H3. The topological polar surface area (TPSA) is 73.8 Å². The highest BCUT2D eigenvalue weighted by Gasteiger charge is 2.26. The summed E-state index contributed by atoms with van der Waals surface area (Å²) in [6, 6.07) is 74.9. The zero-order chi connectivity index (χ0) is 42.4. The molecule has 3 heterocycles. The summed E-state index contributed by atoms with van der Waals surface area (Å²) >= 11 is 0. The van der Waals surface area contributed by atoms with Crippen molar-refractivity contribution in [2.45, 2.75) is 6.92 Å². The van der Waals surface area contributed by atoms with Crippen LogP contribution in [0.25, 0.3) is 76.9 Å². The predicted octanol–water partition coefficient (Wildman–Crippen LogP) is 15.0. The molecule has 12 aromatic rings. The van der Waals surface area contributed by atoms with Gasteiger partial charge < -0.3 is 18.5 Å². The molecule has 6 nitrogen and oxygen atoms in total. The van der Waals surface area contributed by atoms with Crippen molar-refractivity contribution in [1.29, 1.82) is 10.5 Å². The lowest BCUT2D eigenvalue weighted by Gasteiger charge is -2.25. The van der Waals surface area contributed by atoms with E-state index < -0.39 is 0 Å². The molecular formula is C57H37N5O. The second kappa shape index (κ2) is 15.3. The number of hydrogen-bond acceptors (Lipinski definition) is 4. The number of rotatable bonds is 5. The molecule has 0 saturated carbocycles. The van der Waals surface area contributed by atoms with Crippen molar-refractivity contribution in [3.8, 4) is 23.5 Å². The van der Waals surface area contributed by atoms with E-state index in [1.807, 2.05) is 84.9 Å². The van der Waals surface area contributed by atoms with Crippen LogP contribution in [0.2, 0.25) is 0 Å². The Hall–Kier alpha value is -8.84. The maximum absolute atomic E-state index is 11.2. The Balaban J connectivity index is 0.000000581. The molecule has 0 fully saturated rings. The molecule has 3 aromatic heterocycles. The summed E-state index contributed by atoms with van der Waals surface area (Å²) in [5.74, 6) is 0. The average Bonchev–Trinajstić information content (AvgIpc) is 4.00. The lowest BCUT2D eigenvalue weighted by Crippen LogP contribution is -2.09. The van der Waals surface area contributed by atoms with E-state index in [-0.39, 0.29) is 0 Å². The van der Waals surface area contributed by atoms with Crippen LogP contribution in [0.3, 0.4) is 0 Å². The minimum absolute atomic E-state index is 0.401. The Kier molecular flexibility index (Phi) is 9.04. The van der Waals surface area contributed by atoms with Crippen molar-refractivity contribution < 1.29 is 4.42 Å². The number of aromatic nitrogens is 2. The first-order valence-corrected chi connectivity index (χ1v) is 20.9. The van der Waals surface area contributed by atoms with E-state index >= 15 is 0 Å². The third-order valence-corrected chi connectivity index (χ3v) is 11.9. The second-order valence-corrected chi connectivity index (χ2v) is 15.6. The monoisotopic (exact) mass is 807 g/mol. The molecule has 0 bridgehead atoms. The van der Waals surface area contributed by atoms with Crippen LogP contribution in [-0.4, -0.2) is 9.13 Å². The van der Waals surface area contributed by atoms with Gasteiger partial charge in [-0.2, -0.15) is 10.5 Å². The fourth-order valence-corrected chi connectivity index (χ4v) is 9.17. The Morgan fingerprint density at radius 3 is 1.60 bits per heavy atom. The molecule has 9 aromatic carbocycles. The van der Waals surface area contributed by atoms with Crippen molar-refractivity contribution in [1.82, 2.24) is 9.13 Å². The minimum atomic E-state index is 0.401. The summed E-state index contributed by atoms with van der Waals surface area (Å²) < 4.78 is 11.0. The van der Waals surface area contributed by atoms with Gasteiger partial charge in [0.1, 0.15) is 28.9 Å². The Labute approximate surface area is 363 Å². The lowest BCUT2D eigenvalue weighted by atomic mass is 10.0. The van der Waals surface area contributed by atoms with E-state index in [1.165, 1.54) is 5.56 Å². The molecule has 0 radical (unpaired) electrons. The van der Waals surface area contributed by atoms with Gasteiger partial charge in [0.2, 0.25) is 0 Å². The van der Waals surface area contributed by atoms with Crippen LogP contribution in [0, 0.1) is 29.6 Å². The van der Waals surface area contributed by atoms with Gasteiger partial charge in [-0.05, 0) is 91.9 Å². The van der Waals surface area contributed by atoms with Gasteiger partial charge in [-0.1, -0.05) is 127 Å². The molecule has 0 aliphatic rings. The van der Waals surface area contributed by atoms with Crippen LogP contribution in [0.4, 0.5) is 17.1 Å². The third-order valence-electron chi connectivity index (χ3n) is 11.9. The third kappa shape index (κ3) is 6.09. The number of nitriles is 2. The molecule has 0 spiro atoms. The molecule has 12 rings (SSSR count). The number of anilines is 3. The highest BCUT2D eigenvalue weighted by Crippen LogP contribution is 2.45. The van der Waals surface area contributed by atoms with Crippen LogP contribution < -0.4 is 4.90 Å². The fraction of sp³-hybridized carbons (Fsp3) is 0.0175. The number of para-hydroxylation sites is 5. The molecular weight excluding hydrogens is 771 g/mol. The van der Waals surface area contributed by atoms with Gasteiger partial charge in [-0.25, -0.2) is 0 Å². The van der Waals surface area contributed by atoms with E-state index in [9.17, 15) is 10.5 Å². The van der Waals surface area contributed by atoms with Crippen LogP contribution >= 0.6 is 0 Å². The molecule has 63 heavy (non-hydrogen) atoms. The van der Waals surface area contributed by atoms with Crippen LogP contribution in [-0.2, 0) is 0 Å². The van der Waals surface area contributed by atoms with Gasteiger partial charge in [0.15, 0.2) is 0 Å². The molecule has 0 saturated heterocycles. The predicted molar refractivity (Wildman–Crippen MR) is 258 cm³/mol. The highest BCUT2D eigenvalue weighted by molar-refractivity contribution is 6.24. The van der Waals surface area contributed by atoms with E-state index in [2.05, 4.69) is 154 Å². The normalized spacial score (nSPS) is 11.2. The molecule has 0 unspecified atom stereocenters. The molecule has 0 N–H and O–H groups in total. The summed E-state index contributed by atoms with van der Waals surface area (Å²) in [6.45, 7) is 2.08. The Morgan fingerprint density at radius 2 is 1.00 bits per heavy atom. The van der Waals surface area contributed by atoms with Crippen molar-refractivity contribution >= 4 is 82.6 Å². The highest BCUT2D eigenvalue weighted by atomic mass is 16.3. The largest absolute Gasteiger partial charge is 0.455 e. The van der Waals surface area contributed by atoms with Gasteiger partial charge in [0.25, 0.3) is 0 Å². The summed E-state index contributed by atoms with van der Waals surface area (Å²) in [5.41, 5.74) is 11.7. The molecule has 0 atom stereocenters. The first-order valence-electron chi connectivity index (χ1n) is 20.9. The zero-order valence-electron chi connectivity index (χ0n) is 34.3. The Bertz CT molecular complexity index is 3680. The summed E-state index contributed by atoms with van der Waals surface area (Å²) in [4.78, 5) is 2.25. The molecule has 0 aliphatic carbocycles. The second-order valence-electron chi connectivity index (χ2n) is 15.6. The minimum Gasteiger partial charge on any atom is -0.455 e. The maximum atomic E-state index is 11.2. The quantitative estimate of drug-likeness (QED) is 0.174. The summed E-state index contributed by atoms with van der Waals surface area (Å²) in [6.07, 6.45) is 0. The SMILES string of the molecule is Cc1ccccc1.N#Cc1ccc(-n2c3ccc(N(c4ccccc4)c4ccccc4)cc3c3c4oc5ccccc5c4ccc32)c(C#N)c1-n1c2ccccc2c2ccccc21. The van der Waals surface area contributed by atoms with Crippen molar-refractivity contribution in [3.63, 3.8) is 0 Å². The molecule has 296 valence electrons. The number of aryl methyl sites for hydroxylation is 1. The first-order chi connectivity index (χ1) is 31.1. The molecule has 0 aliphatic heterocycles.